The molecule has 1 aliphatic heterocycles. The highest BCUT2D eigenvalue weighted by Crippen LogP contribution is 2.27. The second-order valence-electron chi connectivity index (χ2n) is 5.90. The van der Waals surface area contributed by atoms with Crippen LogP contribution < -0.4 is 20.5 Å². The van der Waals surface area contributed by atoms with Crippen LogP contribution in [0.25, 0.3) is 0 Å². The summed E-state index contributed by atoms with van der Waals surface area (Å²) in [5.74, 6) is 0.0951. The molecular formula is C17H18Cl2N4O3. The Morgan fingerprint density at radius 2 is 2.04 bits per heavy atom. The molecule has 26 heavy (non-hydrogen) atoms. The number of hydrogen-bond acceptors (Lipinski definition) is 5. The van der Waals surface area contributed by atoms with E-state index in [1.165, 1.54) is 13.3 Å². The summed E-state index contributed by atoms with van der Waals surface area (Å²) in [5.41, 5.74) is 0.625. The fourth-order valence-electron chi connectivity index (χ4n) is 2.83. The number of nitrogens with one attached hydrogen (secondary N) is 1. The van der Waals surface area contributed by atoms with E-state index in [1.54, 1.807) is 18.2 Å². The Bertz CT molecular complexity index is 879. The molecule has 0 spiro atoms. The lowest BCUT2D eigenvalue weighted by molar-refractivity contribution is -0.117. The second-order valence-corrected chi connectivity index (χ2v) is 6.68. The summed E-state index contributed by atoms with van der Waals surface area (Å²) < 4.78 is 6.11. The maximum atomic E-state index is 12.4. The third-order valence-corrected chi connectivity index (χ3v) is 4.79. The summed E-state index contributed by atoms with van der Waals surface area (Å²) in [5, 5.41) is 7.21. The minimum Gasteiger partial charge on any atom is -0.495 e. The van der Waals surface area contributed by atoms with Gasteiger partial charge in [-0.3, -0.25) is 9.59 Å². The van der Waals surface area contributed by atoms with Crippen LogP contribution in [-0.4, -0.2) is 35.9 Å². The van der Waals surface area contributed by atoms with E-state index < -0.39 is 11.5 Å². The van der Waals surface area contributed by atoms with Crippen molar-refractivity contribution in [1.29, 1.82) is 0 Å². The van der Waals surface area contributed by atoms with Crippen molar-refractivity contribution >= 4 is 40.5 Å². The predicted molar refractivity (Wildman–Crippen MR) is 102 cm³/mol. The van der Waals surface area contributed by atoms with Gasteiger partial charge in [-0.25, -0.2) is 4.68 Å². The fraction of sp³-hybridized carbons (Fsp3) is 0.353. The maximum Gasteiger partial charge on any atom is 0.288 e. The monoisotopic (exact) mass is 396 g/mol. The minimum absolute atomic E-state index is 0.0854. The molecule has 0 bridgehead atoms. The van der Waals surface area contributed by atoms with Gasteiger partial charge in [0.15, 0.2) is 0 Å². The van der Waals surface area contributed by atoms with Crippen LogP contribution in [0.1, 0.15) is 12.8 Å². The molecule has 0 aliphatic carbocycles. The molecule has 3 rings (SSSR count). The number of nitrogens with zero attached hydrogens (tertiary/aromatic N) is 3. The Kier molecular flexibility index (Phi) is 5.68. The first kappa shape index (κ1) is 18.5. The normalized spacial score (nSPS) is 13.7. The molecule has 0 unspecified atom stereocenters. The molecular weight excluding hydrogens is 379 g/mol. The van der Waals surface area contributed by atoms with Gasteiger partial charge in [0.25, 0.3) is 5.56 Å². The molecule has 1 fully saturated rings. The number of ether oxygens (including phenoxy) is 1. The number of hydrogen-bond donors (Lipinski definition) is 1. The van der Waals surface area contributed by atoms with Crippen molar-refractivity contribution in [3.63, 3.8) is 0 Å². The molecule has 0 radical (unpaired) electrons. The third kappa shape index (κ3) is 3.94. The molecule has 1 amide bonds. The predicted octanol–water partition coefficient (Wildman–Crippen LogP) is 2.80. The molecule has 138 valence electrons. The lowest BCUT2D eigenvalue weighted by Crippen LogP contribution is -2.31. The SMILES string of the molecule is COc1ccc(NC(=O)Cn2ncc(N3CCCC3)c(Cl)c2=O)cc1Cl. The zero-order valence-corrected chi connectivity index (χ0v) is 15.7. The number of carbonyl (C=O) groups is 1. The molecule has 1 N–H and O–H groups in total. The molecule has 1 aromatic heterocycles. The molecule has 0 saturated carbocycles. The highest BCUT2D eigenvalue weighted by Gasteiger charge is 2.19. The van der Waals surface area contributed by atoms with E-state index in [-0.39, 0.29) is 11.6 Å². The van der Waals surface area contributed by atoms with Crippen LogP contribution in [0.3, 0.4) is 0 Å². The van der Waals surface area contributed by atoms with E-state index in [1.807, 2.05) is 4.90 Å². The largest absolute Gasteiger partial charge is 0.495 e. The van der Waals surface area contributed by atoms with E-state index in [0.29, 0.717) is 22.1 Å². The Hall–Kier alpha value is -2.25. The average molecular weight is 397 g/mol. The first-order valence-electron chi connectivity index (χ1n) is 8.13. The summed E-state index contributed by atoms with van der Waals surface area (Å²) in [4.78, 5) is 26.6. The van der Waals surface area contributed by atoms with Gasteiger partial charge in [-0.05, 0) is 31.0 Å². The van der Waals surface area contributed by atoms with Gasteiger partial charge in [0.1, 0.15) is 17.3 Å². The molecule has 2 heterocycles. The Balaban J connectivity index is 1.72. The van der Waals surface area contributed by atoms with Crippen LogP contribution in [-0.2, 0) is 11.3 Å². The Morgan fingerprint density at radius 1 is 1.31 bits per heavy atom. The molecule has 1 saturated heterocycles. The highest BCUT2D eigenvalue weighted by molar-refractivity contribution is 6.33. The summed E-state index contributed by atoms with van der Waals surface area (Å²) in [6, 6.07) is 4.87. The third-order valence-electron chi connectivity index (χ3n) is 4.14. The van der Waals surface area contributed by atoms with Crippen LogP contribution in [0, 0.1) is 0 Å². The highest BCUT2D eigenvalue weighted by atomic mass is 35.5. The van der Waals surface area contributed by atoms with Crippen molar-refractivity contribution in [3.05, 3.63) is 44.8 Å². The van der Waals surface area contributed by atoms with Gasteiger partial charge in [0.05, 0.1) is 24.0 Å². The smallest absolute Gasteiger partial charge is 0.288 e. The van der Waals surface area contributed by atoms with Crippen LogP contribution in [0.4, 0.5) is 11.4 Å². The zero-order valence-electron chi connectivity index (χ0n) is 14.2. The number of benzene rings is 1. The number of rotatable bonds is 5. The Labute approximate surface area is 160 Å². The average Bonchev–Trinajstić information content (AvgIpc) is 3.13. The van der Waals surface area contributed by atoms with Gasteiger partial charge in [0.2, 0.25) is 5.91 Å². The van der Waals surface area contributed by atoms with Gasteiger partial charge in [-0.1, -0.05) is 23.2 Å². The molecule has 9 heteroatoms. The lowest BCUT2D eigenvalue weighted by atomic mass is 10.3. The van der Waals surface area contributed by atoms with Gasteiger partial charge in [0, 0.05) is 18.8 Å². The van der Waals surface area contributed by atoms with E-state index in [4.69, 9.17) is 27.9 Å². The van der Waals surface area contributed by atoms with Crippen molar-refractivity contribution in [3.8, 4) is 5.75 Å². The van der Waals surface area contributed by atoms with E-state index >= 15 is 0 Å². The number of carbonyl (C=O) groups excluding carboxylic acids is 1. The minimum atomic E-state index is -0.487. The quantitative estimate of drug-likeness (QED) is 0.840. The number of anilines is 2. The van der Waals surface area contributed by atoms with Crippen molar-refractivity contribution in [2.75, 3.05) is 30.4 Å². The maximum absolute atomic E-state index is 12.4. The molecule has 1 aliphatic rings. The molecule has 2 aromatic rings. The van der Waals surface area contributed by atoms with Crippen LogP contribution in [0.5, 0.6) is 5.75 Å². The lowest BCUT2D eigenvalue weighted by Gasteiger charge is -2.18. The zero-order chi connectivity index (χ0) is 18.7. The van der Waals surface area contributed by atoms with Crippen molar-refractivity contribution < 1.29 is 9.53 Å². The van der Waals surface area contributed by atoms with Gasteiger partial charge >= 0.3 is 0 Å². The van der Waals surface area contributed by atoms with E-state index in [2.05, 4.69) is 10.4 Å². The van der Waals surface area contributed by atoms with Crippen molar-refractivity contribution in [2.45, 2.75) is 19.4 Å². The fourth-order valence-corrected chi connectivity index (χ4v) is 3.35. The first-order valence-corrected chi connectivity index (χ1v) is 8.89. The van der Waals surface area contributed by atoms with Crippen molar-refractivity contribution in [2.24, 2.45) is 0 Å². The summed E-state index contributed by atoms with van der Waals surface area (Å²) in [6.45, 7) is 1.45. The van der Waals surface area contributed by atoms with E-state index in [0.717, 1.165) is 30.6 Å². The van der Waals surface area contributed by atoms with Gasteiger partial charge in [-0.15, -0.1) is 0 Å². The molecule has 1 aromatic carbocycles. The van der Waals surface area contributed by atoms with Crippen LogP contribution in [0.15, 0.2) is 29.2 Å². The van der Waals surface area contributed by atoms with Crippen molar-refractivity contribution in [1.82, 2.24) is 9.78 Å². The van der Waals surface area contributed by atoms with Crippen LogP contribution in [0.2, 0.25) is 10.0 Å². The topological polar surface area (TPSA) is 76.5 Å². The van der Waals surface area contributed by atoms with E-state index in [9.17, 15) is 9.59 Å². The number of aromatic nitrogens is 2. The molecule has 0 atom stereocenters. The number of halogens is 2. The van der Waals surface area contributed by atoms with Crippen LogP contribution >= 0.6 is 23.2 Å². The summed E-state index contributed by atoms with van der Waals surface area (Å²) in [6.07, 6.45) is 3.66. The standard InChI is InChI=1S/C17H18Cl2N4O3/c1-26-14-5-4-11(8-12(14)18)21-15(24)10-23-17(25)16(19)13(9-20-23)22-6-2-3-7-22/h4-5,8-9H,2-3,6-7,10H2,1H3,(H,21,24). The molecule has 7 nitrogen and oxygen atoms in total. The summed E-state index contributed by atoms with van der Waals surface area (Å²) in [7, 11) is 1.51. The number of methoxy groups -OCH3 is 1. The first-order chi connectivity index (χ1) is 12.5. The second kappa shape index (κ2) is 7.97. The van der Waals surface area contributed by atoms with Gasteiger partial charge < -0.3 is 15.0 Å². The Morgan fingerprint density at radius 3 is 2.69 bits per heavy atom. The summed E-state index contributed by atoms with van der Waals surface area (Å²) >= 11 is 12.2. The van der Waals surface area contributed by atoms with Gasteiger partial charge in [-0.2, -0.15) is 5.10 Å². The number of amides is 1.